The third-order valence-electron chi connectivity index (χ3n) is 6.55. The number of fused-ring (bicyclic) bond motifs is 1. The molecule has 1 aliphatic carbocycles. The number of rotatable bonds is 10. The molecule has 0 radical (unpaired) electrons. The van der Waals surface area contributed by atoms with Gasteiger partial charge in [0.15, 0.2) is 5.90 Å². The summed E-state index contributed by atoms with van der Waals surface area (Å²) in [5.74, 6) is -0.864. The number of hydrogen-bond acceptors (Lipinski definition) is 9. The number of hydrogen-bond donors (Lipinski definition) is 6. The predicted octanol–water partition coefficient (Wildman–Crippen LogP) is 2.93. The zero-order valence-corrected chi connectivity index (χ0v) is 23.5. The molecule has 212 valence electrons. The quantitative estimate of drug-likeness (QED) is 0.133. The molecule has 12 nitrogen and oxygen atoms in total. The van der Waals surface area contributed by atoms with Gasteiger partial charge in [-0.05, 0) is 54.1 Å². The summed E-state index contributed by atoms with van der Waals surface area (Å²) in [7, 11) is -9.48. The second-order valence-electron chi connectivity index (χ2n) is 9.50. The average molecular weight is 602 g/mol. The first kappa shape index (κ1) is 30.0. The highest BCUT2D eigenvalue weighted by Crippen LogP contribution is 2.55. The van der Waals surface area contributed by atoms with Gasteiger partial charge in [0.05, 0.1) is 18.3 Å². The molecular formula is C24H30ClN3O9P2. The lowest BCUT2D eigenvalue weighted by Crippen LogP contribution is -2.34. The number of halogens is 1. The van der Waals surface area contributed by atoms with Crippen LogP contribution in [0.2, 0.25) is 5.28 Å². The van der Waals surface area contributed by atoms with Crippen molar-refractivity contribution in [1.29, 1.82) is 0 Å². The lowest BCUT2D eigenvalue weighted by atomic mass is 10.0. The van der Waals surface area contributed by atoms with Crippen LogP contribution >= 0.6 is 26.8 Å². The molecule has 39 heavy (non-hydrogen) atoms. The van der Waals surface area contributed by atoms with Crippen molar-refractivity contribution >= 4 is 38.7 Å². The molecular weight excluding hydrogens is 572 g/mol. The van der Waals surface area contributed by atoms with Gasteiger partial charge >= 0.3 is 15.2 Å². The summed E-state index contributed by atoms with van der Waals surface area (Å²) in [5.41, 5.74) is 3.95. The third kappa shape index (κ3) is 7.42. The highest BCUT2D eigenvalue weighted by atomic mass is 35.5. The minimum absolute atomic E-state index is 0.0332. The van der Waals surface area contributed by atoms with E-state index in [2.05, 4.69) is 34.0 Å². The van der Waals surface area contributed by atoms with Gasteiger partial charge in [-0.1, -0.05) is 36.9 Å². The van der Waals surface area contributed by atoms with Gasteiger partial charge in [-0.15, -0.1) is 0 Å². The first-order valence-corrected chi connectivity index (χ1v) is 16.0. The Hall–Kier alpha value is -1.95. The van der Waals surface area contributed by atoms with Gasteiger partial charge in [-0.2, -0.15) is 0 Å². The van der Waals surface area contributed by atoms with Crippen molar-refractivity contribution < 1.29 is 43.3 Å². The van der Waals surface area contributed by atoms with E-state index < -0.39 is 52.1 Å². The Kier molecular flexibility index (Phi) is 9.15. The summed E-state index contributed by atoms with van der Waals surface area (Å²) in [5, 5.41) is 24.4. The van der Waals surface area contributed by atoms with Crippen molar-refractivity contribution in [2.75, 3.05) is 17.8 Å². The maximum atomic E-state index is 11.9. The third-order valence-corrected chi connectivity index (χ3v) is 10.2. The predicted molar refractivity (Wildman–Crippen MR) is 144 cm³/mol. The number of nitrogens with one attached hydrogen (secondary N) is 1. The Morgan fingerprint density at radius 3 is 2.67 bits per heavy atom. The SMILES string of the molecule is C=C(/C=C\c1c(C)nc(Cl)nc1NC1CCc2ccccc21)[C@@H]1O[C@H](COP(=O)(O)CP(=O)(O)O)[C@@H](O)[C@H]1O. The first-order chi connectivity index (χ1) is 18.2. The molecule has 1 fully saturated rings. The normalized spacial score (nSPS) is 26.5. The van der Waals surface area contributed by atoms with Crippen LogP contribution in [0.15, 0.2) is 42.5 Å². The Morgan fingerprint density at radius 1 is 1.23 bits per heavy atom. The summed E-state index contributed by atoms with van der Waals surface area (Å²) in [6.45, 7) is 5.01. The van der Waals surface area contributed by atoms with Crippen molar-refractivity contribution in [3.05, 3.63) is 70.2 Å². The molecule has 2 heterocycles. The molecule has 0 bridgehead atoms. The fourth-order valence-corrected chi connectivity index (χ4v) is 7.45. The number of anilines is 1. The number of aliphatic hydroxyl groups excluding tert-OH is 2. The van der Waals surface area contributed by atoms with Crippen LogP contribution in [0.3, 0.4) is 0 Å². The molecule has 4 rings (SSSR count). The second-order valence-corrected chi connectivity index (χ2v) is 13.8. The maximum Gasteiger partial charge on any atom is 0.340 e. The van der Waals surface area contributed by atoms with E-state index in [-0.39, 0.29) is 16.9 Å². The number of nitrogens with zero attached hydrogens (tertiary/aromatic N) is 2. The molecule has 1 aromatic heterocycles. The maximum absolute atomic E-state index is 11.9. The zero-order chi connectivity index (χ0) is 28.5. The molecule has 0 amide bonds. The Balaban J connectivity index is 1.46. The molecule has 1 aliphatic heterocycles. The van der Waals surface area contributed by atoms with Gasteiger partial charge in [-0.25, -0.2) is 9.97 Å². The molecule has 2 aromatic rings. The van der Waals surface area contributed by atoms with Gasteiger partial charge in [0.25, 0.3) is 0 Å². The van der Waals surface area contributed by atoms with Crippen LogP contribution in [0.1, 0.15) is 34.8 Å². The standard InChI is InChI=1S/C24H30ClN3O9P2/c1-13(22-21(30)20(29)19(37-22)11-36-39(34,35)12-38(31,32)33)7-9-16-14(2)26-24(25)28-23(16)27-18-10-8-15-5-3-4-6-17(15)18/h3-7,9,18-22,29-30H,1,8,10-12H2,2H3,(H,34,35)(H,26,27,28)(H2,31,32,33)/b9-7-/t18?,19-,20-,21-,22+/m1/s1. The molecule has 1 saturated heterocycles. The van der Waals surface area contributed by atoms with Gasteiger partial charge < -0.3 is 39.5 Å². The van der Waals surface area contributed by atoms with E-state index in [1.165, 1.54) is 11.1 Å². The molecule has 6 N–H and O–H groups in total. The number of ether oxygens (including phenoxy) is 1. The van der Waals surface area contributed by atoms with Crippen LogP contribution in [-0.4, -0.2) is 71.8 Å². The summed E-state index contributed by atoms with van der Waals surface area (Å²) in [6.07, 6.45) is -0.199. The lowest BCUT2D eigenvalue weighted by Gasteiger charge is -2.18. The van der Waals surface area contributed by atoms with E-state index in [1.807, 2.05) is 12.1 Å². The molecule has 2 unspecified atom stereocenters. The van der Waals surface area contributed by atoms with Gasteiger partial charge in [-0.3, -0.25) is 9.13 Å². The second kappa shape index (κ2) is 11.9. The average Bonchev–Trinajstić information content (AvgIpc) is 3.36. The largest absolute Gasteiger partial charge is 0.387 e. The van der Waals surface area contributed by atoms with E-state index in [4.69, 9.17) is 30.6 Å². The molecule has 1 aromatic carbocycles. The van der Waals surface area contributed by atoms with Crippen LogP contribution in [-0.2, 0) is 24.8 Å². The van der Waals surface area contributed by atoms with Crippen molar-refractivity contribution in [3.63, 3.8) is 0 Å². The Bertz CT molecular complexity index is 1370. The summed E-state index contributed by atoms with van der Waals surface area (Å²) >= 11 is 6.14. The Morgan fingerprint density at radius 2 is 1.95 bits per heavy atom. The van der Waals surface area contributed by atoms with Gasteiger partial charge in [0, 0.05) is 5.56 Å². The molecule has 2 aliphatic rings. The lowest BCUT2D eigenvalue weighted by molar-refractivity contribution is -0.00895. The van der Waals surface area contributed by atoms with E-state index in [1.54, 1.807) is 19.1 Å². The van der Waals surface area contributed by atoms with E-state index in [0.29, 0.717) is 17.1 Å². The minimum atomic E-state index is -4.82. The van der Waals surface area contributed by atoms with E-state index in [9.17, 15) is 24.2 Å². The molecule has 0 saturated carbocycles. The van der Waals surface area contributed by atoms with Crippen molar-refractivity contribution in [2.24, 2.45) is 0 Å². The minimum Gasteiger partial charge on any atom is -0.387 e. The fourth-order valence-electron chi connectivity index (χ4n) is 4.67. The molecule has 15 heteroatoms. The Labute approximate surface area is 230 Å². The highest BCUT2D eigenvalue weighted by Gasteiger charge is 2.44. The van der Waals surface area contributed by atoms with Gasteiger partial charge in [0.2, 0.25) is 5.28 Å². The highest BCUT2D eigenvalue weighted by molar-refractivity contribution is 7.70. The zero-order valence-electron chi connectivity index (χ0n) is 20.9. The fraction of sp³-hybridized carbons (Fsp3) is 0.417. The monoisotopic (exact) mass is 601 g/mol. The van der Waals surface area contributed by atoms with Gasteiger partial charge in [0.1, 0.15) is 30.2 Å². The number of aromatic nitrogens is 2. The first-order valence-electron chi connectivity index (χ1n) is 12.0. The van der Waals surface area contributed by atoms with E-state index in [0.717, 1.165) is 12.8 Å². The molecule has 6 atom stereocenters. The topological polar surface area (TPSA) is 192 Å². The van der Waals surface area contributed by atoms with Crippen LogP contribution in [0.25, 0.3) is 6.08 Å². The van der Waals surface area contributed by atoms with Crippen LogP contribution in [0.4, 0.5) is 5.82 Å². The van der Waals surface area contributed by atoms with Crippen LogP contribution in [0, 0.1) is 6.92 Å². The molecule has 0 spiro atoms. The summed E-state index contributed by atoms with van der Waals surface area (Å²) in [6, 6.07) is 8.18. The van der Waals surface area contributed by atoms with Crippen LogP contribution in [0.5, 0.6) is 0 Å². The smallest absolute Gasteiger partial charge is 0.340 e. The number of benzene rings is 1. The summed E-state index contributed by atoms with van der Waals surface area (Å²) < 4.78 is 33.3. The van der Waals surface area contributed by atoms with Crippen molar-refractivity contribution in [3.8, 4) is 0 Å². The van der Waals surface area contributed by atoms with Crippen molar-refractivity contribution in [1.82, 2.24) is 9.97 Å². The summed E-state index contributed by atoms with van der Waals surface area (Å²) in [4.78, 5) is 36.1. The number of aliphatic hydroxyl groups is 2. The number of aryl methyl sites for hydroxylation is 2. The van der Waals surface area contributed by atoms with E-state index >= 15 is 0 Å². The van der Waals surface area contributed by atoms with Crippen molar-refractivity contribution in [2.45, 2.75) is 50.2 Å². The van der Waals surface area contributed by atoms with Crippen LogP contribution < -0.4 is 5.32 Å².